The first kappa shape index (κ1) is 12.6. The van der Waals surface area contributed by atoms with Crippen molar-refractivity contribution in [2.45, 2.75) is 26.3 Å². The van der Waals surface area contributed by atoms with Crippen molar-refractivity contribution in [2.24, 2.45) is 5.73 Å². The van der Waals surface area contributed by atoms with E-state index >= 15 is 0 Å². The van der Waals surface area contributed by atoms with Gasteiger partial charge >= 0.3 is 5.97 Å². The molecule has 0 radical (unpaired) electrons. The summed E-state index contributed by atoms with van der Waals surface area (Å²) in [7, 11) is 0. The van der Waals surface area contributed by atoms with Crippen LogP contribution in [0.5, 0.6) is 0 Å². The molecule has 96 valence electrons. The number of aliphatic carboxylic acids is 1. The Bertz CT molecular complexity index is 572. The predicted molar refractivity (Wildman–Crippen MR) is 71.7 cm³/mol. The first-order chi connectivity index (χ1) is 8.61. The van der Waals surface area contributed by atoms with E-state index in [1.165, 1.54) is 11.1 Å². The van der Waals surface area contributed by atoms with Crippen LogP contribution in [0.25, 0.3) is 10.9 Å². The maximum absolute atomic E-state index is 10.9. The minimum absolute atomic E-state index is 0.00217. The van der Waals surface area contributed by atoms with Gasteiger partial charge < -0.3 is 15.4 Å². The summed E-state index contributed by atoms with van der Waals surface area (Å²) in [4.78, 5) is 10.9. The molecule has 0 spiro atoms. The number of fused-ring (bicyclic) bond motifs is 1. The minimum atomic E-state index is -0.821. The molecule has 0 atom stereocenters. The molecule has 0 saturated carbocycles. The fourth-order valence-electron chi connectivity index (χ4n) is 2.25. The van der Waals surface area contributed by atoms with Gasteiger partial charge in [0.15, 0.2) is 0 Å². The number of aromatic nitrogens is 1. The van der Waals surface area contributed by atoms with Crippen molar-refractivity contribution in [3.05, 3.63) is 35.5 Å². The van der Waals surface area contributed by atoms with Gasteiger partial charge in [0.1, 0.15) is 6.54 Å². The van der Waals surface area contributed by atoms with Crippen LogP contribution in [0.15, 0.2) is 24.4 Å². The summed E-state index contributed by atoms with van der Waals surface area (Å²) in [6.07, 6.45) is 3.75. The molecule has 2 aromatic rings. The molecule has 0 bridgehead atoms. The normalized spacial score (nSPS) is 11.0. The van der Waals surface area contributed by atoms with Crippen molar-refractivity contribution in [1.29, 1.82) is 0 Å². The van der Waals surface area contributed by atoms with Gasteiger partial charge in [0.25, 0.3) is 0 Å². The van der Waals surface area contributed by atoms with Crippen LogP contribution in [0.1, 0.15) is 17.5 Å². The molecule has 0 aliphatic carbocycles. The summed E-state index contributed by atoms with van der Waals surface area (Å²) >= 11 is 0. The Labute approximate surface area is 106 Å². The van der Waals surface area contributed by atoms with Gasteiger partial charge in [0, 0.05) is 17.1 Å². The highest BCUT2D eigenvalue weighted by molar-refractivity contribution is 5.86. The highest BCUT2D eigenvalue weighted by Gasteiger charge is 2.10. The van der Waals surface area contributed by atoms with Crippen LogP contribution in [0.2, 0.25) is 0 Å². The van der Waals surface area contributed by atoms with E-state index in [2.05, 4.69) is 6.07 Å². The van der Waals surface area contributed by atoms with E-state index < -0.39 is 5.97 Å². The Morgan fingerprint density at radius 3 is 2.89 bits per heavy atom. The summed E-state index contributed by atoms with van der Waals surface area (Å²) in [5.74, 6) is -0.821. The maximum Gasteiger partial charge on any atom is 0.323 e. The van der Waals surface area contributed by atoms with Crippen LogP contribution in [0.3, 0.4) is 0 Å². The SMILES string of the molecule is Cc1ccc2c(c1)c(CCCN)cn2CC(=O)O. The Kier molecular flexibility index (Phi) is 3.67. The number of hydrogen-bond acceptors (Lipinski definition) is 2. The Balaban J connectivity index is 2.48. The lowest BCUT2D eigenvalue weighted by molar-refractivity contribution is -0.137. The summed E-state index contributed by atoms with van der Waals surface area (Å²) in [5.41, 5.74) is 8.88. The molecule has 0 fully saturated rings. The van der Waals surface area contributed by atoms with Gasteiger partial charge in [-0.25, -0.2) is 0 Å². The molecular formula is C14H18N2O2. The van der Waals surface area contributed by atoms with Crippen LogP contribution in [0.4, 0.5) is 0 Å². The first-order valence-corrected chi connectivity index (χ1v) is 6.12. The first-order valence-electron chi connectivity index (χ1n) is 6.12. The lowest BCUT2D eigenvalue weighted by Crippen LogP contribution is -2.07. The summed E-state index contributed by atoms with van der Waals surface area (Å²) < 4.78 is 1.79. The number of benzene rings is 1. The number of carbonyl (C=O) groups is 1. The third-order valence-corrected chi connectivity index (χ3v) is 3.07. The van der Waals surface area contributed by atoms with Gasteiger partial charge in [-0.05, 0) is 44.0 Å². The van der Waals surface area contributed by atoms with E-state index in [4.69, 9.17) is 10.8 Å². The van der Waals surface area contributed by atoms with Crippen molar-refractivity contribution in [3.63, 3.8) is 0 Å². The molecule has 0 saturated heterocycles. The van der Waals surface area contributed by atoms with Crippen LogP contribution >= 0.6 is 0 Å². The molecule has 0 unspecified atom stereocenters. The van der Waals surface area contributed by atoms with Crippen LogP contribution in [-0.2, 0) is 17.8 Å². The number of nitrogens with zero attached hydrogens (tertiary/aromatic N) is 1. The largest absolute Gasteiger partial charge is 0.480 e. The Morgan fingerprint density at radius 1 is 1.44 bits per heavy atom. The second kappa shape index (κ2) is 5.23. The van der Waals surface area contributed by atoms with Gasteiger partial charge in [0.2, 0.25) is 0 Å². The van der Waals surface area contributed by atoms with Crippen molar-refractivity contribution in [1.82, 2.24) is 4.57 Å². The molecule has 1 heterocycles. The predicted octanol–water partition coefficient (Wildman–Crippen LogP) is 1.93. The number of aryl methyl sites for hydroxylation is 2. The van der Waals surface area contributed by atoms with E-state index in [1.807, 2.05) is 25.3 Å². The average molecular weight is 246 g/mol. The number of hydrogen-bond donors (Lipinski definition) is 2. The Morgan fingerprint density at radius 2 is 2.22 bits per heavy atom. The van der Waals surface area contributed by atoms with Gasteiger partial charge in [-0.15, -0.1) is 0 Å². The van der Waals surface area contributed by atoms with Crippen molar-refractivity contribution < 1.29 is 9.90 Å². The third-order valence-electron chi connectivity index (χ3n) is 3.07. The van der Waals surface area contributed by atoms with Gasteiger partial charge in [-0.3, -0.25) is 4.79 Å². The van der Waals surface area contributed by atoms with Gasteiger partial charge in [-0.2, -0.15) is 0 Å². The van der Waals surface area contributed by atoms with E-state index in [0.29, 0.717) is 6.54 Å². The topological polar surface area (TPSA) is 68.2 Å². The lowest BCUT2D eigenvalue weighted by Gasteiger charge is -2.01. The maximum atomic E-state index is 10.9. The highest BCUT2D eigenvalue weighted by atomic mass is 16.4. The average Bonchev–Trinajstić information content (AvgIpc) is 2.63. The van der Waals surface area contributed by atoms with Gasteiger partial charge in [-0.1, -0.05) is 11.6 Å². The standard InChI is InChI=1S/C14H18N2O2/c1-10-4-5-13-12(7-10)11(3-2-6-15)8-16(13)9-14(17)18/h4-5,7-8H,2-3,6,9,15H2,1H3,(H,17,18). The molecule has 2 rings (SSSR count). The van der Waals surface area contributed by atoms with E-state index in [0.717, 1.165) is 23.7 Å². The zero-order valence-electron chi connectivity index (χ0n) is 10.5. The smallest absolute Gasteiger partial charge is 0.323 e. The zero-order valence-corrected chi connectivity index (χ0v) is 10.5. The minimum Gasteiger partial charge on any atom is -0.480 e. The second-order valence-electron chi connectivity index (χ2n) is 4.59. The van der Waals surface area contributed by atoms with E-state index in [-0.39, 0.29) is 6.54 Å². The molecule has 4 nitrogen and oxygen atoms in total. The van der Waals surface area contributed by atoms with Gasteiger partial charge in [0.05, 0.1) is 0 Å². The van der Waals surface area contributed by atoms with Crippen LogP contribution in [-0.4, -0.2) is 22.2 Å². The molecule has 4 heteroatoms. The van der Waals surface area contributed by atoms with Crippen LogP contribution in [0, 0.1) is 6.92 Å². The summed E-state index contributed by atoms with van der Waals surface area (Å²) in [5, 5.41) is 10.1. The highest BCUT2D eigenvalue weighted by Crippen LogP contribution is 2.23. The molecule has 1 aromatic heterocycles. The lowest BCUT2D eigenvalue weighted by atomic mass is 10.1. The molecule has 0 amide bonds. The summed E-state index contributed by atoms with van der Waals surface area (Å²) in [6, 6.07) is 6.10. The van der Waals surface area contributed by atoms with E-state index in [9.17, 15) is 4.79 Å². The number of rotatable bonds is 5. The second-order valence-corrected chi connectivity index (χ2v) is 4.59. The van der Waals surface area contributed by atoms with Crippen molar-refractivity contribution in [3.8, 4) is 0 Å². The molecule has 3 N–H and O–H groups in total. The summed E-state index contributed by atoms with van der Waals surface area (Å²) in [6.45, 7) is 2.69. The number of carboxylic acids is 1. The van der Waals surface area contributed by atoms with Crippen molar-refractivity contribution in [2.75, 3.05) is 6.54 Å². The van der Waals surface area contributed by atoms with E-state index in [1.54, 1.807) is 4.57 Å². The van der Waals surface area contributed by atoms with Crippen LogP contribution < -0.4 is 5.73 Å². The molecule has 0 aliphatic rings. The fourth-order valence-corrected chi connectivity index (χ4v) is 2.25. The monoisotopic (exact) mass is 246 g/mol. The zero-order chi connectivity index (χ0) is 13.1. The number of carboxylic acid groups (broad SMARTS) is 1. The molecule has 18 heavy (non-hydrogen) atoms. The molecular weight excluding hydrogens is 228 g/mol. The molecule has 0 aliphatic heterocycles. The quantitative estimate of drug-likeness (QED) is 0.847. The van der Waals surface area contributed by atoms with Crippen molar-refractivity contribution >= 4 is 16.9 Å². The fraction of sp³-hybridized carbons (Fsp3) is 0.357. The third kappa shape index (κ3) is 2.54. The number of nitrogens with two attached hydrogens (primary N) is 1. The molecule has 1 aromatic carbocycles. The Hall–Kier alpha value is -1.81.